The number of aliphatic hydroxyl groups is 1. The number of aliphatic hydroxyl groups excluding tert-OH is 1. The van der Waals surface area contributed by atoms with Crippen molar-refractivity contribution in [3.8, 4) is 0 Å². The molecule has 0 saturated carbocycles. The molecule has 114 valence electrons. The molecule has 0 radical (unpaired) electrons. The number of aromatic carboxylic acids is 2. The predicted molar refractivity (Wildman–Crippen MR) is 71.5 cm³/mol. The number of ether oxygens (including phenoxy) is 1. The van der Waals surface area contributed by atoms with Gasteiger partial charge in [0.15, 0.2) is 0 Å². The molecule has 0 aromatic heterocycles. The van der Waals surface area contributed by atoms with E-state index in [0.717, 1.165) is 0 Å². The molecule has 0 heterocycles. The van der Waals surface area contributed by atoms with E-state index in [-0.39, 0.29) is 48.3 Å². The van der Waals surface area contributed by atoms with E-state index in [9.17, 15) is 19.5 Å². The van der Waals surface area contributed by atoms with Crippen LogP contribution in [0.4, 0.5) is 0 Å². The van der Waals surface area contributed by atoms with Gasteiger partial charge in [-0.25, -0.2) is 9.59 Å². The number of carbonyl (C=O) groups excluding carboxylic acids is 1. The highest BCUT2D eigenvalue weighted by atomic mass is 16.5. The fraction of sp³-hybridized carbons (Fsp3) is 0.357. The first-order chi connectivity index (χ1) is 9.88. The molecule has 0 amide bonds. The Bertz CT molecular complexity index is 563. The number of carboxylic acid groups (broad SMARTS) is 2. The Morgan fingerprint density at radius 2 is 1.48 bits per heavy atom. The minimum atomic E-state index is -1.20. The van der Waals surface area contributed by atoms with Gasteiger partial charge in [0.25, 0.3) is 0 Å². The first kappa shape index (κ1) is 16.6. The van der Waals surface area contributed by atoms with Crippen molar-refractivity contribution in [3.05, 3.63) is 34.4 Å². The highest BCUT2D eigenvalue weighted by Gasteiger charge is 2.20. The van der Waals surface area contributed by atoms with Gasteiger partial charge in [-0.05, 0) is 29.7 Å². The van der Waals surface area contributed by atoms with Crippen LogP contribution in [0.1, 0.15) is 38.8 Å². The second-order valence-corrected chi connectivity index (χ2v) is 4.29. The standard InChI is InChI=1S/C14H16O7/c1-8(16)21-7-5-10-9(4-6-15)11(13(17)18)2-3-12(10)14(19)20/h2-3,15H,4-7H2,1H3,(H,17,18)(H,19,20). The van der Waals surface area contributed by atoms with Crippen LogP contribution >= 0.6 is 0 Å². The Hall–Kier alpha value is -2.41. The van der Waals surface area contributed by atoms with Crippen LogP contribution < -0.4 is 0 Å². The van der Waals surface area contributed by atoms with Crippen molar-refractivity contribution < 1.29 is 34.4 Å². The van der Waals surface area contributed by atoms with Gasteiger partial charge in [-0.15, -0.1) is 0 Å². The van der Waals surface area contributed by atoms with Crippen LogP contribution in [0.15, 0.2) is 12.1 Å². The Morgan fingerprint density at radius 3 is 1.86 bits per heavy atom. The number of esters is 1. The summed E-state index contributed by atoms with van der Waals surface area (Å²) in [4.78, 5) is 33.2. The second-order valence-electron chi connectivity index (χ2n) is 4.29. The van der Waals surface area contributed by atoms with E-state index in [4.69, 9.17) is 14.9 Å². The van der Waals surface area contributed by atoms with Gasteiger partial charge < -0.3 is 20.1 Å². The van der Waals surface area contributed by atoms with E-state index in [2.05, 4.69) is 0 Å². The lowest BCUT2D eigenvalue weighted by atomic mass is 9.92. The van der Waals surface area contributed by atoms with Crippen molar-refractivity contribution in [2.45, 2.75) is 19.8 Å². The zero-order valence-electron chi connectivity index (χ0n) is 11.5. The van der Waals surface area contributed by atoms with E-state index >= 15 is 0 Å². The molecule has 3 N–H and O–H groups in total. The van der Waals surface area contributed by atoms with Crippen molar-refractivity contribution in [1.29, 1.82) is 0 Å². The van der Waals surface area contributed by atoms with Gasteiger partial charge in [0, 0.05) is 20.0 Å². The maximum Gasteiger partial charge on any atom is 0.335 e. The minimum absolute atomic E-state index is 0.0121. The smallest absolute Gasteiger partial charge is 0.335 e. The molecule has 0 unspecified atom stereocenters. The largest absolute Gasteiger partial charge is 0.478 e. The zero-order chi connectivity index (χ0) is 16.0. The van der Waals surface area contributed by atoms with Crippen molar-refractivity contribution in [2.24, 2.45) is 0 Å². The summed E-state index contributed by atoms with van der Waals surface area (Å²) in [6.07, 6.45) is 0.0792. The van der Waals surface area contributed by atoms with Gasteiger partial charge in [0.2, 0.25) is 0 Å². The molecule has 0 bridgehead atoms. The van der Waals surface area contributed by atoms with Crippen LogP contribution in [0.25, 0.3) is 0 Å². The van der Waals surface area contributed by atoms with Crippen LogP contribution in [0.3, 0.4) is 0 Å². The Kier molecular flexibility index (Phi) is 5.86. The molecule has 21 heavy (non-hydrogen) atoms. The topological polar surface area (TPSA) is 121 Å². The van der Waals surface area contributed by atoms with Crippen LogP contribution in [0.5, 0.6) is 0 Å². The van der Waals surface area contributed by atoms with Crippen LogP contribution in [0, 0.1) is 0 Å². The summed E-state index contributed by atoms with van der Waals surface area (Å²) in [6.45, 7) is 0.849. The third kappa shape index (κ3) is 4.28. The maximum absolute atomic E-state index is 11.2. The Morgan fingerprint density at radius 1 is 1.00 bits per heavy atom. The highest BCUT2D eigenvalue weighted by Crippen LogP contribution is 2.22. The third-order valence-electron chi connectivity index (χ3n) is 2.91. The summed E-state index contributed by atoms with van der Waals surface area (Å²) in [5.74, 6) is -2.92. The summed E-state index contributed by atoms with van der Waals surface area (Å²) >= 11 is 0. The fourth-order valence-electron chi connectivity index (χ4n) is 2.07. The summed E-state index contributed by atoms with van der Waals surface area (Å²) < 4.78 is 4.77. The number of carboxylic acids is 2. The van der Waals surface area contributed by atoms with Gasteiger partial charge >= 0.3 is 17.9 Å². The monoisotopic (exact) mass is 296 g/mol. The number of rotatable bonds is 7. The Labute approximate surface area is 120 Å². The van der Waals surface area contributed by atoms with Crippen molar-refractivity contribution in [1.82, 2.24) is 0 Å². The van der Waals surface area contributed by atoms with E-state index in [1.165, 1.54) is 19.1 Å². The van der Waals surface area contributed by atoms with E-state index < -0.39 is 17.9 Å². The fourth-order valence-corrected chi connectivity index (χ4v) is 2.07. The molecule has 0 aliphatic heterocycles. The van der Waals surface area contributed by atoms with Gasteiger partial charge in [-0.3, -0.25) is 4.79 Å². The van der Waals surface area contributed by atoms with Crippen molar-refractivity contribution in [2.75, 3.05) is 13.2 Å². The number of hydrogen-bond acceptors (Lipinski definition) is 5. The molecule has 0 spiro atoms. The minimum Gasteiger partial charge on any atom is -0.478 e. The molecular formula is C14H16O7. The quantitative estimate of drug-likeness (QED) is 0.634. The first-order valence-electron chi connectivity index (χ1n) is 6.24. The molecule has 1 aromatic rings. The molecule has 0 fully saturated rings. The molecule has 1 aromatic carbocycles. The van der Waals surface area contributed by atoms with E-state index in [1.807, 2.05) is 0 Å². The molecule has 0 atom stereocenters. The van der Waals surface area contributed by atoms with Crippen LogP contribution in [-0.2, 0) is 22.4 Å². The van der Waals surface area contributed by atoms with Gasteiger partial charge in [-0.1, -0.05) is 0 Å². The lowest BCUT2D eigenvalue weighted by Gasteiger charge is -2.15. The summed E-state index contributed by atoms with van der Waals surface area (Å²) in [5, 5.41) is 27.4. The average Bonchev–Trinajstić information content (AvgIpc) is 2.39. The van der Waals surface area contributed by atoms with Gasteiger partial charge in [-0.2, -0.15) is 0 Å². The summed E-state index contributed by atoms with van der Waals surface area (Å²) in [7, 11) is 0. The Balaban J connectivity index is 3.29. The molecule has 0 saturated heterocycles. The van der Waals surface area contributed by atoms with Crippen molar-refractivity contribution >= 4 is 17.9 Å². The zero-order valence-corrected chi connectivity index (χ0v) is 11.5. The third-order valence-corrected chi connectivity index (χ3v) is 2.91. The molecule has 0 aliphatic carbocycles. The number of hydrogen-bond donors (Lipinski definition) is 3. The lowest BCUT2D eigenvalue weighted by molar-refractivity contribution is -0.140. The van der Waals surface area contributed by atoms with E-state index in [0.29, 0.717) is 0 Å². The summed E-state index contributed by atoms with van der Waals surface area (Å²) in [6, 6.07) is 2.40. The molecule has 1 rings (SSSR count). The van der Waals surface area contributed by atoms with Gasteiger partial charge in [0.05, 0.1) is 17.7 Å². The maximum atomic E-state index is 11.2. The summed E-state index contributed by atoms with van der Waals surface area (Å²) in [5.41, 5.74) is 0.386. The van der Waals surface area contributed by atoms with E-state index in [1.54, 1.807) is 0 Å². The molecule has 7 nitrogen and oxygen atoms in total. The SMILES string of the molecule is CC(=O)OCCc1c(C(=O)O)ccc(C(=O)O)c1CCO. The molecule has 7 heteroatoms. The van der Waals surface area contributed by atoms with Crippen LogP contribution in [-0.4, -0.2) is 46.4 Å². The first-order valence-corrected chi connectivity index (χ1v) is 6.24. The predicted octanol–water partition coefficient (Wildman–Crippen LogP) is 0.723. The average molecular weight is 296 g/mol. The molecular weight excluding hydrogens is 280 g/mol. The van der Waals surface area contributed by atoms with Crippen LogP contribution in [0.2, 0.25) is 0 Å². The highest BCUT2D eigenvalue weighted by molar-refractivity contribution is 5.95. The molecule has 0 aliphatic rings. The normalized spacial score (nSPS) is 10.2. The number of carbonyl (C=O) groups is 3. The van der Waals surface area contributed by atoms with Gasteiger partial charge in [0.1, 0.15) is 0 Å². The lowest BCUT2D eigenvalue weighted by Crippen LogP contribution is -2.15. The van der Waals surface area contributed by atoms with Crippen molar-refractivity contribution in [3.63, 3.8) is 0 Å². The second kappa shape index (κ2) is 7.39. The number of benzene rings is 1.